The lowest BCUT2D eigenvalue weighted by atomic mass is 10.2. The van der Waals surface area contributed by atoms with Gasteiger partial charge in [-0.15, -0.1) is 0 Å². The van der Waals surface area contributed by atoms with Crippen molar-refractivity contribution in [3.63, 3.8) is 0 Å². The van der Waals surface area contributed by atoms with Crippen LogP contribution in [0.2, 0.25) is 0 Å². The number of nitrogens with zero attached hydrogens (tertiary/aromatic N) is 3. The number of hydrogen-bond donors (Lipinski definition) is 0. The molecule has 5 nitrogen and oxygen atoms in total. The van der Waals surface area contributed by atoms with Gasteiger partial charge in [0.15, 0.2) is 0 Å². The highest BCUT2D eigenvalue weighted by Crippen LogP contribution is 2.22. The SMILES string of the molecule is O=C(COCc1ccccc1)N1CCc2ncc(-c3ccccc3)n2CC1. The van der Waals surface area contributed by atoms with Gasteiger partial charge in [0.2, 0.25) is 5.91 Å². The summed E-state index contributed by atoms with van der Waals surface area (Å²) in [5.41, 5.74) is 3.34. The molecule has 0 atom stereocenters. The molecule has 3 aromatic rings. The van der Waals surface area contributed by atoms with E-state index in [9.17, 15) is 4.79 Å². The first-order chi connectivity index (χ1) is 13.3. The lowest BCUT2D eigenvalue weighted by molar-refractivity contribution is -0.136. The number of amides is 1. The van der Waals surface area contributed by atoms with Crippen LogP contribution in [0.3, 0.4) is 0 Å². The van der Waals surface area contributed by atoms with E-state index in [0.29, 0.717) is 19.7 Å². The van der Waals surface area contributed by atoms with Crippen LogP contribution in [-0.4, -0.2) is 40.1 Å². The molecule has 0 unspecified atom stereocenters. The number of hydrogen-bond acceptors (Lipinski definition) is 3. The van der Waals surface area contributed by atoms with Gasteiger partial charge in [0.05, 0.1) is 18.5 Å². The number of rotatable bonds is 5. The van der Waals surface area contributed by atoms with Crippen molar-refractivity contribution in [2.24, 2.45) is 0 Å². The van der Waals surface area contributed by atoms with Crippen LogP contribution in [0.4, 0.5) is 0 Å². The first kappa shape index (κ1) is 17.5. The summed E-state index contributed by atoms with van der Waals surface area (Å²) in [7, 11) is 0. The summed E-state index contributed by atoms with van der Waals surface area (Å²) >= 11 is 0. The molecule has 0 spiro atoms. The third kappa shape index (κ3) is 4.09. The number of fused-ring (bicyclic) bond motifs is 1. The summed E-state index contributed by atoms with van der Waals surface area (Å²) in [5, 5.41) is 0. The molecule has 0 N–H and O–H groups in total. The fraction of sp³-hybridized carbons (Fsp3) is 0.273. The highest BCUT2D eigenvalue weighted by Gasteiger charge is 2.21. The van der Waals surface area contributed by atoms with Crippen LogP contribution in [0.15, 0.2) is 66.9 Å². The van der Waals surface area contributed by atoms with E-state index in [1.165, 1.54) is 0 Å². The molecule has 4 rings (SSSR count). The Labute approximate surface area is 159 Å². The average molecular weight is 361 g/mol. The zero-order valence-electron chi connectivity index (χ0n) is 15.3. The van der Waals surface area contributed by atoms with Crippen LogP contribution in [0.25, 0.3) is 11.3 Å². The molecule has 0 saturated heterocycles. The maximum absolute atomic E-state index is 12.5. The first-order valence-electron chi connectivity index (χ1n) is 9.30. The van der Waals surface area contributed by atoms with Crippen LogP contribution in [0, 0.1) is 0 Å². The Morgan fingerprint density at radius 2 is 1.70 bits per heavy atom. The number of imidazole rings is 1. The quantitative estimate of drug-likeness (QED) is 0.701. The van der Waals surface area contributed by atoms with Crippen molar-refractivity contribution in [2.75, 3.05) is 19.7 Å². The second kappa shape index (κ2) is 8.18. The molecule has 138 valence electrons. The van der Waals surface area contributed by atoms with Crippen molar-refractivity contribution in [2.45, 2.75) is 19.6 Å². The highest BCUT2D eigenvalue weighted by molar-refractivity contribution is 5.77. The molecular weight excluding hydrogens is 338 g/mol. The van der Waals surface area contributed by atoms with Gasteiger partial charge >= 0.3 is 0 Å². The molecule has 5 heteroatoms. The summed E-state index contributed by atoms with van der Waals surface area (Å²) in [6.45, 7) is 2.68. The van der Waals surface area contributed by atoms with E-state index in [2.05, 4.69) is 21.7 Å². The van der Waals surface area contributed by atoms with Gasteiger partial charge in [-0.25, -0.2) is 4.98 Å². The monoisotopic (exact) mass is 361 g/mol. The Hall–Kier alpha value is -2.92. The molecule has 0 saturated carbocycles. The van der Waals surface area contributed by atoms with Gasteiger partial charge in [-0.2, -0.15) is 0 Å². The molecule has 1 amide bonds. The van der Waals surface area contributed by atoms with Crippen LogP contribution in [-0.2, 0) is 29.1 Å². The van der Waals surface area contributed by atoms with Crippen molar-refractivity contribution in [1.29, 1.82) is 0 Å². The topological polar surface area (TPSA) is 47.4 Å². The molecule has 2 aromatic carbocycles. The minimum atomic E-state index is 0.0398. The Kier molecular flexibility index (Phi) is 5.30. The highest BCUT2D eigenvalue weighted by atomic mass is 16.5. The van der Waals surface area contributed by atoms with Crippen LogP contribution < -0.4 is 0 Å². The third-order valence-corrected chi connectivity index (χ3v) is 4.90. The van der Waals surface area contributed by atoms with Crippen molar-refractivity contribution in [3.8, 4) is 11.3 Å². The standard InChI is InChI=1S/C22H23N3O2/c26-22(17-27-16-18-7-3-1-4-8-18)24-12-11-21-23-15-20(25(21)14-13-24)19-9-5-2-6-10-19/h1-10,15H,11-14,16-17H2. The molecule has 1 aliphatic rings. The molecule has 1 aliphatic heterocycles. The molecule has 0 radical (unpaired) electrons. The zero-order chi connectivity index (χ0) is 18.5. The lowest BCUT2D eigenvalue weighted by Crippen LogP contribution is -2.36. The van der Waals surface area contributed by atoms with E-state index >= 15 is 0 Å². The molecule has 0 aliphatic carbocycles. The number of benzene rings is 2. The van der Waals surface area contributed by atoms with Crippen LogP contribution in [0.1, 0.15) is 11.4 Å². The van der Waals surface area contributed by atoms with Gasteiger partial charge in [-0.1, -0.05) is 60.7 Å². The van der Waals surface area contributed by atoms with Gasteiger partial charge in [-0.05, 0) is 11.1 Å². The fourth-order valence-electron chi connectivity index (χ4n) is 3.44. The summed E-state index contributed by atoms with van der Waals surface area (Å²) in [4.78, 5) is 19.0. The Bertz CT molecular complexity index is 890. The number of ether oxygens (including phenoxy) is 1. The second-order valence-corrected chi connectivity index (χ2v) is 6.69. The predicted octanol–water partition coefficient (Wildman–Crippen LogP) is 3.15. The van der Waals surface area contributed by atoms with E-state index < -0.39 is 0 Å². The van der Waals surface area contributed by atoms with Gasteiger partial charge < -0.3 is 14.2 Å². The normalized spacial score (nSPS) is 13.9. The molecule has 2 heterocycles. The van der Waals surface area contributed by atoms with E-state index in [4.69, 9.17) is 4.74 Å². The second-order valence-electron chi connectivity index (χ2n) is 6.69. The summed E-state index contributed by atoms with van der Waals surface area (Å²) in [6, 6.07) is 20.2. The van der Waals surface area contributed by atoms with Gasteiger partial charge in [0.1, 0.15) is 12.4 Å². The summed E-state index contributed by atoms with van der Waals surface area (Å²) in [6.07, 6.45) is 2.70. The van der Waals surface area contributed by atoms with Crippen LogP contribution >= 0.6 is 0 Å². The smallest absolute Gasteiger partial charge is 0.248 e. The predicted molar refractivity (Wildman–Crippen MR) is 104 cm³/mol. The lowest BCUT2D eigenvalue weighted by Gasteiger charge is -2.20. The molecular formula is C22H23N3O2. The maximum Gasteiger partial charge on any atom is 0.248 e. The van der Waals surface area contributed by atoms with E-state index in [1.807, 2.05) is 59.6 Å². The number of carbonyl (C=O) groups is 1. The van der Waals surface area contributed by atoms with Gasteiger partial charge in [0.25, 0.3) is 0 Å². The summed E-state index contributed by atoms with van der Waals surface area (Å²) < 4.78 is 7.84. The molecule has 0 bridgehead atoms. The van der Waals surface area contributed by atoms with Crippen molar-refractivity contribution in [1.82, 2.24) is 14.5 Å². The molecule has 27 heavy (non-hydrogen) atoms. The van der Waals surface area contributed by atoms with Crippen molar-refractivity contribution in [3.05, 3.63) is 78.2 Å². The largest absolute Gasteiger partial charge is 0.367 e. The Morgan fingerprint density at radius 3 is 2.48 bits per heavy atom. The maximum atomic E-state index is 12.5. The Balaban J connectivity index is 1.36. The van der Waals surface area contributed by atoms with Gasteiger partial charge in [0, 0.05) is 26.1 Å². The minimum Gasteiger partial charge on any atom is -0.367 e. The summed E-state index contributed by atoms with van der Waals surface area (Å²) in [5.74, 6) is 1.08. The zero-order valence-corrected chi connectivity index (χ0v) is 15.3. The first-order valence-corrected chi connectivity index (χ1v) is 9.30. The average Bonchev–Trinajstić information content (AvgIpc) is 3.00. The van der Waals surface area contributed by atoms with Crippen molar-refractivity contribution < 1.29 is 9.53 Å². The Morgan fingerprint density at radius 1 is 0.963 bits per heavy atom. The number of carbonyl (C=O) groups excluding carboxylic acids is 1. The van der Waals surface area contributed by atoms with E-state index in [-0.39, 0.29) is 12.5 Å². The van der Waals surface area contributed by atoms with E-state index in [1.54, 1.807) is 0 Å². The van der Waals surface area contributed by atoms with Crippen molar-refractivity contribution >= 4 is 5.91 Å². The molecule has 0 fully saturated rings. The molecule has 1 aromatic heterocycles. The fourth-order valence-corrected chi connectivity index (χ4v) is 3.44. The van der Waals surface area contributed by atoms with Crippen LogP contribution in [0.5, 0.6) is 0 Å². The van der Waals surface area contributed by atoms with E-state index in [0.717, 1.165) is 35.6 Å². The number of aromatic nitrogens is 2. The minimum absolute atomic E-state index is 0.0398. The third-order valence-electron chi connectivity index (χ3n) is 4.90. The van der Waals surface area contributed by atoms with Gasteiger partial charge in [-0.3, -0.25) is 4.79 Å².